The maximum Gasteiger partial charge on any atom is 0.280 e. The number of hydrogen-bond donors (Lipinski definition) is 8. The predicted molar refractivity (Wildman–Crippen MR) is 161 cm³/mol. The predicted octanol–water partition coefficient (Wildman–Crippen LogP) is -1.13. The Balaban J connectivity index is 0.000000250. The minimum atomic E-state index is -1.80. The second kappa shape index (κ2) is 14.6. The van der Waals surface area contributed by atoms with Crippen LogP contribution in [0.4, 0.5) is 20.7 Å². The molecular formula is C26H38F2N10O9. The van der Waals surface area contributed by atoms with E-state index in [0.29, 0.717) is 0 Å². The van der Waals surface area contributed by atoms with E-state index >= 15 is 0 Å². The summed E-state index contributed by atoms with van der Waals surface area (Å²) in [5.74, 6) is -0.911. The van der Waals surface area contributed by atoms with Gasteiger partial charge in [-0.2, -0.15) is 9.97 Å². The zero-order valence-electron chi connectivity index (χ0n) is 23.6. The van der Waals surface area contributed by atoms with Gasteiger partial charge < -0.3 is 35.6 Å². The summed E-state index contributed by atoms with van der Waals surface area (Å²) in [6.07, 6.45) is -8.92. The van der Waals surface area contributed by atoms with E-state index in [1.807, 2.05) is 0 Å². The van der Waals surface area contributed by atoms with Crippen LogP contribution < -0.4 is 22.2 Å². The topological polar surface area (TPSA) is 282 Å². The zero-order chi connectivity index (χ0) is 32.7. The Kier molecular flexibility index (Phi) is 11.5. The molecule has 260 valence electrons. The first-order valence-corrected chi connectivity index (χ1v) is 13.5. The third kappa shape index (κ3) is 6.84. The van der Waals surface area contributed by atoms with Crippen molar-refractivity contribution < 1.29 is 43.5 Å². The summed E-state index contributed by atoms with van der Waals surface area (Å²) in [6, 6.07) is 0. The second-order valence-corrected chi connectivity index (χ2v) is 10.5. The number of nitrogens with zero attached hydrogens (tertiary/aromatic N) is 6. The molecule has 2 aliphatic rings. The maximum atomic E-state index is 13.9. The van der Waals surface area contributed by atoms with Gasteiger partial charge in [0.1, 0.15) is 24.4 Å². The molecule has 2 fully saturated rings. The number of aliphatic hydroxyl groups is 4. The monoisotopic (exact) mass is 672 g/mol. The first-order valence-electron chi connectivity index (χ1n) is 13.5. The van der Waals surface area contributed by atoms with Crippen LogP contribution in [0.25, 0.3) is 22.3 Å². The van der Waals surface area contributed by atoms with Crippen LogP contribution in [0.2, 0.25) is 0 Å². The number of carbonyl (C=O) groups excluding carboxylic acids is 1. The van der Waals surface area contributed by atoms with Crippen LogP contribution >= 0.6 is 0 Å². The number of anilines is 2. The van der Waals surface area contributed by atoms with Crippen molar-refractivity contribution in [1.82, 2.24) is 39.0 Å². The van der Waals surface area contributed by atoms with Crippen LogP contribution in [0.3, 0.4) is 0 Å². The lowest BCUT2D eigenvalue weighted by Gasteiger charge is -2.16. The quantitative estimate of drug-likeness (QED) is 0.120. The molecule has 0 aliphatic carbocycles. The van der Waals surface area contributed by atoms with E-state index < -0.39 is 73.5 Å². The SMILES string of the molecule is C.C.CC(C)C(=O)Nc1nc2c(ncn2[C@@H]2O[C@H](CO)[C@@H](F)[C@H]2O)c(=O)[nH]1.Nc1nc2c(ncn2[C@@H]2O[C@H](CO)[C@@H](F)[C@H]2O)c(=O)[nH]1. The Morgan fingerprint density at radius 3 is 1.79 bits per heavy atom. The third-order valence-corrected chi connectivity index (χ3v) is 7.13. The smallest absolute Gasteiger partial charge is 0.280 e. The fourth-order valence-corrected chi connectivity index (χ4v) is 4.73. The molecule has 0 unspecified atom stereocenters. The van der Waals surface area contributed by atoms with Crippen molar-refractivity contribution >= 4 is 40.1 Å². The van der Waals surface area contributed by atoms with Crippen molar-refractivity contribution in [3.8, 4) is 0 Å². The number of fused-ring (bicyclic) bond motifs is 2. The number of ether oxygens (including phenoxy) is 2. The van der Waals surface area contributed by atoms with E-state index in [1.165, 1.54) is 21.8 Å². The Morgan fingerprint density at radius 1 is 0.915 bits per heavy atom. The number of carbonyl (C=O) groups is 1. The molecule has 0 spiro atoms. The van der Waals surface area contributed by atoms with Gasteiger partial charge in [0.05, 0.1) is 25.9 Å². The van der Waals surface area contributed by atoms with E-state index in [0.717, 1.165) is 0 Å². The molecule has 19 nitrogen and oxygen atoms in total. The van der Waals surface area contributed by atoms with E-state index in [-0.39, 0.29) is 60.9 Å². The van der Waals surface area contributed by atoms with Crippen LogP contribution in [0.1, 0.15) is 41.2 Å². The second-order valence-electron chi connectivity index (χ2n) is 10.5. The van der Waals surface area contributed by atoms with Crippen molar-refractivity contribution in [1.29, 1.82) is 0 Å². The van der Waals surface area contributed by atoms with Crippen LogP contribution in [-0.2, 0) is 14.3 Å². The number of aromatic nitrogens is 8. The normalized spacial score (nSPS) is 26.9. The number of rotatable bonds is 6. The standard InChI is InChI=1S/C14H18FN5O5.C10H12FN5O4.2CH4/c1-5(2)11(23)18-14-17-10-8(12(24)19-14)16-4-20(10)13-9(22)7(15)6(3-21)25-13;11-4-3(1-17)20-9(6(4)18)16-2-13-5-7(16)14-10(12)15-8(5)19;;/h4-7,9,13,21-22H,3H2,1-2H3,(H2,17,18,19,23,24);2-4,6,9,17-18H,1H2,(H3,12,14,15,19);2*1H4/t6-,7-,9-,13-;3-,4-,6-,9-;;/m11../s1. The molecule has 2 saturated heterocycles. The van der Waals surface area contributed by atoms with Gasteiger partial charge in [0.2, 0.25) is 17.8 Å². The molecule has 0 radical (unpaired) electrons. The highest BCUT2D eigenvalue weighted by atomic mass is 19.1. The number of H-pyrrole nitrogens is 2. The number of aromatic amines is 2. The Morgan fingerprint density at radius 2 is 1.36 bits per heavy atom. The highest BCUT2D eigenvalue weighted by molar-refractivity contribution is 5.91. The number of amides is 1. The van der Waals surface area contributed by atoms with Gasteiger partial charge >= 0.3 is 0 Å². The summed E-state index contributed by atoms with van der Waals surface area (Å²) >= 11 is 0. The van der Waals surface area contributed by atoms with E-state index in [4.69, 9.17) is 25.4 Å². The minimum Gasteiger partial charge on any atom is -0.394 e. The first kappa shape index (κ1) is 37.1. The molecule has 4 aromatic heterocycles. The molecule has 47 heavy (non-hydrogen) atoms. The number of alkyl halides is 2. The Hall–Kier alpha value is -4.41. The van der Waals surface area contributed by atoms with Gasteiger partial charge in [0.25, 0.3) is 11.1 Å². The number of halogens is 2. The van der Waals surface area contributed by atoms with Crippen molar-refractivity contribution in [2.45, 2.75) is 77.9 Å². The summed E-state index contributed by atoms with van der Waals surface area (Å²) in [5, 5.41) is 40.4. The van der Waals surface area contributed by atoms with E-state index in [2.05, 4.69) is 35.2 Å². The summed E-state index contributed by atoms with van der Waals surface area (Å²) in [7, 11) is 0. The molecule has 6 heterocycles. The van der Waals surface area contributed by atoms with Gasteiger partial charge in [0.15, 0.2) is 47.1 Å². The lowest BCUT2D eigenvalue weighted by Crippen LogP contribution is -2.29. The van der Waals surface area contributed by atoms with Crippen molar-refractivity contribution in [2.24, 2.45) is 5.92 Å². The van der Waals surface area contributed by atoms with E-state index in [1.54, 1.807) is 13.8 Å². The average molecular weight is 673 g/mol. The van der Waals surface area contributed by atoms with Gasteiger partial charge in [-0.15, -0.1) is 0 Å². The van der Waals surface area contributed by atoms with Crippen LogP contribution in [0.5, 0.6) is 0 Å². The number of nitrogen functional groups attached to an aromatic ring is 1. The Labute approximate surface area is 264 Å². The van der Waals surface area contributed by atoms with Gasteiger partial charge in [-0.1, -0.05) is 28.7 Å². The minimum absolute atomic E-state index is 0. The summed E-state index contributed by atoms with van der Waals surface area (Å²) in [4.78, 5) is 55.9. The van der Waals surface area contributed by atoms with Gasteiger partial charge in [-0.3, -0.25) is 38.8 Å². The highest BCUT2D eigenvalue weighted by Gasteiger charge is 2.46. The molecular weight excluding hydrogens is 634 g/mol. The molecule has 0 bridgehead atoms. The number of hydrogen-bond acceptors (Lipinski definition) is 14. The lowest BCUT2D eigenvalue weighted by molar-refractivity contribution is -0.118. The molecule has 0 saturated carbocycles. The van der Waals surface area contributed by atoms with Crippen LogP contribution in [0.15, 0.2) is 22.2 Å². The van der Waals surface area contributed by atoms with Crippen LogP contribution in [0, 0.1) is 5.92 Å². The summed E-state index contributed by atoms with van der Waals surface area (Å²) in [6.45, 7) is 2.17. The average Bonchev–Trinajstić information content (AvgIpc) is 3.75. The fourth-order valence-electron chi connectivity index (χ4n) is 4.73. The Bertz CT molecular complexity index is 1810. The number of nitrogens with two attached hydrogens (primary N) is 1. The molecule has 21 heteroatoms. The summed E-state index contributed by atoms with van der Waals surface area (Å²) < 4.78 is 40.6. The molecule has 6 rings (SSSR count). The zero-order valence-corrected chi connectivity index (χ0v) is 23.6. The highest BCUT2D eigenvalue weighted by Crippen LogP contribution is 2.33. The van der Waals surface area contributed by atoms with Crippen LogP contribution in [-0.4, -0.2) is 115 Å². The molecule has 0 aromatic carbocycles. The number of aliphatic hydroxyl groups excluding tert-OH is 4. The molecule has 2 aliphatic heterocycles. The number of imidazole rings is 2. The fraction of sp³-hybridized carbons (Fsp3) is 0.577. The van der Waals surface area contributed by atoms with E-state index in [9.17, 15) is 33.4 Å². The lowest BCUT2D eigenvalue weighted by atomic mass is 10.1. The molecule has 9 N–H and O–H groups in total. The van der Waals surface area contributed by atoms with Crippen molar-refractivity contribution in [3.05, 3.63) is 33.4 Å². The van der Waals surface area contributed by atoms with Crippen molar-refractivity contribution in [2.75, 3.05) is 24.3 Å². The van der Waals surface area contributed by atoms with Gasteiger partial charge in [-0.05, 0) is 0 Å². The molecule has 8 atom stereocenters. The molecule has 1 amide bonds. The summed E-state index contributed by atoms with van der Waals surface area (Å²) in [5.41, 5.74) is 4.31. The largest absolute Gasteiger partial charge is 0.394 e. The van der Waals surface area contributed by atoms with Gasteiger partial charge in [-0.25, -0.2) is 18.7 Å². The number of nitrogens with one attached hydrogen (secondary N) is 3. The molecule has 4 aromatic rings. The van der Waals surface area contributed by atoms with Crippen molar-refractivity contribution in [3.63, 3.8) is 0 Å². The van der Waals surface area contributed by atoms with Gasteiger partial charge in [0, 0.05) is 5.92 Å². The third-order valence-electron chi connectivity index (χ3n) is 7.13. The first-order chi connectivity index (χ1) is 21.4. The maximum absolute atomic E-state index is 13.9.